The van der Waals surface area contributed by atoms with Gasteiger partial charge in [-0.1, -0.05) is 18.2 Å². The lowest BCUT2D eigenvalue weighted by molar-refractivity contribution is -0.133. The van der Waals surface area contributed by atoms with Crippen molar-refractivity contribution in [2.45, 2.75) is 38.3 Å². The Kier molecular flexibility index (Phi) is 3.99. The van der Waals surface area contributed by atoms with Crippen LogP contribution >= 0.6 is 0 Å². The van der Waals surface area contributed by atoms with Gasteiger partial charge in [-0.05, 0) is 30.9 Å². The van der Waals surface area contributed by atoms with E-state index in [2.05, 4.69) is 34.0 Å². The van der Waals surface area contributed by atoms with Gasteiger partial charge in [0.1, 0.15) is 24.0 Å². The van der Waals surface area contributed by atoms with E-state index in [0.717, 1.165) is 56.0 Å². The number of carbonyl (C=O) groups is 1. The summed E-state index contributed by atoms with van der Waals surface area (Å²) in [6.07, 6.45) is 5.60. The highest BCUT2D eigenvalue weighted by Gasteiger charge is 2.35. The van der Waals surface area contributed by atoms with Gasteiger partial charge in [0.25, 0.3) is 0 Å². The van der Waals surface area contributed by atoms with Gasteiger partial charge in [0, 0.05) is 31.5 Å². The fourth-order valence-corrected chi connectivity index (χ4v) is 4.19. The van der Waals surface area contributed by atoms with Crippen LogP contribution in [0.5, 0.6) is 5.75 Å². The molecule has 27 heavy (non-hydrogen) atoms. The second-order valence-electron chi connectivity index (χ2n) is 7.84. The van der Waals surface area contributed by atoms with Crippen molar-refractivity contribution in [2.24, 2.45) is 5.92 Å². The molecule has 1 saturated carbocycles. The molecule has 0 spiro atoms. The Hall–Kier alpha value is -2.63. The number of amides is 1. The number of likely N-dealkylation sites (N-methyl/N-ethyl adjacent to an activating group) is 1. The molecule has 1 aromatic heterocycles. The normalized spacial score (nSPS) is 20.6. The van der Waals surface area contributed by atoms with Crippen molar-refractivity contribution >= 4 is 11.7 Å². The molecular weight excluding hydrogens is 340 g/mol. The number of aromatic nitrogens is 2. The van der Waals surface area contributed by atoms with Crippen LogP contribution in [-0.2, 0) is 24.2 Å². The molecule has 0 radical (unpaired) electrons. The molecule has 1 amide bonds. The van der Waals surface area contributed by atoms with E-state index in [9.17, 15) is 4.79 Å². The minimum absolute atomic E-state index is 0.134. The number of hydrogen-bond donors (Lipinski definition) is 0. The number of carbonyl (C=O) groups excluding carboxylic acids is 1. The third-order valence-corrected chi connectivity index (χ3v) is 5.78. The summed E-state index contributed by atoms with van der Waals surface area (Å²) in [4.78, 5) is 25.6. The number of para-hydroxylation sites is 1. The molecule has 1 aromatic carbocycles. The first kappa shape index (κ1) is 16.5. The van der Waals surface area contributed by atoms with E-state index >= 15 is 0 Å². The molecule has 2 aliphatic heterocycles. The predicted octanol–water partition coefficient (Wildman–Crippen LogP) is 2.21. The predicted molar refractivity (Wildman–Crippen MR) is 102 cm³/mol. The number of fused-ring (bicyclic) bond motifs is 2. The molecule has 0 bridgehead atoms. The minimum Gasteiger partial charge on any atom is -0.488 e. The zero-order chi connectivity index (χ0) is 18.4. The Morgan fingerprint density at radius 1 is 1.30 bits per heavy atom. The molecule has 1 aliphatic carbocycles. The lowest BCUT2D eigenvalue weighted by atomic mass is 10.0. The van der Waals surface area contributed by atoms with Gasteiger partial charge < -0.3 is 14.5 Å². The van der Waals surface area contributed by atoms with Gasteiger partial charge in [0.2, 0.25) is 5.91 Å². The van der Waals surface area contributed by atoms with Gasteiger partial charge in [0.15, 0.2) is 0 Å². The van der Waals surface area contributed by atoms with Gasteiger partial charge in [0.05, 0.1) is 18.8 Å². The van der Waals surface area contributed by atoms with E-state index in [1.54, 1.807) is 6.33 Å². The third kappa shape index (κ3) is 3.13. The minimum atomic E-state index is 0.134. The topological polar surface area (TPSA) is 58.6 Å². The first-order valence-electron chi connectivity index (χ1n) is 9.76. The Morgan fingerprint density at radius 3 is 2.96 bits per heavy atom. The maximum atomic E-state index is 12.4. The van der Waals surface area contributed by atoms with Crippen LogP contribution in [0.1, 0.15) is 29.7 Å². The maximum Gasteiger partial charge on any atom is 0.226 e. The number of hydrogen-bond acceptors (Lipinski definition) is 5. The monoisotopic (exact) mass is 364 g/mol. The average molecular weight is 364 g/mol. The van der Waals surface area contributed by atoms with Gasteiger partial charge in [-0.15, -0.1) is 0 Å². The summed E-state index contributed by atoms with van der Waals surface area (Å²) in [6, 6.07) is 8.24. The average Bonchev–Trinajstić information content (AvgIpc) is 3.46. The summed E-state index contributed by atoms with van der Waals surface area (Å²) in [7, 11) is 2.07. The number of nitrogens with zero attached hydrogens (tertiary/aromatic N) is 4. The smallest absolute Gasteiger partial charge is 0.226 e. The molecule has 2 aromatic rings. The van der Waals surface area contributed by atoms with Gasteiger partial charge in [-0.25, -0.2) is 9.97 Å². The Morgan fingerprint density at radius 2 is 2.15 bits per heavy atom. The summed E-state index contributed by atoms with van der Waals surface area (Å²) < 4.78 is 6.09. The van der Waals surface area contributed by atoms with E-state index in [1.165, 1.54) is 11.1 Å². The Bertz CT molecular complexity index is 855. The lowest BCUT2D eigenvalue weighted by Crippen LogP contribution is -2.39. The van der Waals surface area contributed by atoms with Crippen LogP contribution < -0.4 is 9.64 Å². The molecule has 6 heteroatoms. The molecule has 0 N–H and O–H groups in total. The molecule has 1 atom stereocenters. The molecule has 3 aliphatic rings. The molecule has 6 nitrogen and oxygen atoms in total. The highest BCUT2D eigenvalue weighted by Crippen LogP contribution is 2.34. The van der Waals surface area contributed by atoms with Crippen LogP contribution in [0.15, 0.2) is 30.6 Å². The number of benzene rings is 1. The molecule has 3 heterocycles. The first-order chi connectivity index (χ1) is 13.2. The van der Waals surface area contributed by atoms with E-state index in [1.807, 2.05) is 17.0 Å². The Labute approximate surface area is 159 Å². The summed E-state index contributed by atoms with van der Waals surface area (Å²) in [5, 5.41) is 0. The fourth-order valence-electron chi connectivity index (χ4n) is 4.19. The van der Waals surface area contributed by atoms with Crippen LogP contribution in [0.2, 0.25) is 0 Å². The van der Waals surface area contributed by atoms with Crippen LogP contribution in [0.4, 0.5) is 5.82 Å². The summed E-state index contributed by atoms with van der Waals surface area (Å²) in [5.41, 5.74) is 3.44. The molecule has 140 valence electrons. The molecule has 0 saturated heterocycles. The largest absolute Gasteiger partial charge is 0.488 e. The van der Waals surface area contributed by atoms with Crippen molar-refractivity contribution in [2.75, 3.05) is 25.0 Å². The second-order valence-corrected chi connectivity index (χ2v) is 7.84. The molecule has 0 unspecified atom stereocenters. The van der Waals surface area contributed by atoms with Gasteiger partial charge in [-0.2, -0.15) is 0 Å². The highest BCUT2D eigenvalue weighted by molar-refractivity contribution is 5.81. The summed E-state index contributed by atoms with van der Waals surface area (Å²) in [6.45, 7) is 2.16. The Balaban J connectivity index is 1.30. The van der Waals surface area contributed by atoms with Crippen molar-refractivity contribution in [1.82, 2.24) is 14.9 Å². The second kappa shape index (κ2) is 6.51. The van der Waals surface area contributed by atoms with Gasteiger partial charge in [-0.3, -0.25) is 4.79 Å². The zero-order valence-corrected chi connectivity index (χ0v) is 15.6. The van der Waals surface area contributed by atoms with Crippen molar-refractivity contribution in [3.05, 3.63) is 47.4 Å². The maximum absolute atomic E-state index is 12.4. The van der Waals surface area contributed by atoms with Crippen molar-refractivity contribution < 1.29 is 9.53 Å². The van der Waals surface area contributed by atoms with Crippen LogP contribution in [0.3, 0.4) is 0 Å². The van der Waals surface area contributed by atoms with E-state index in [0.29, 0.717) is 12.5 Å². The third-order valence-electron chi connectivity index (χ3n) is 5.78. The molecular formula is C21H24N4O2. The highest BCUT2D eigenvalue weighted by atomic mass is 16.5. The van der Waals surface area contributed by atoms with Gasteiger partial charge >= 0.3 is 0 Å². The van der Waals surface area contributed by atoms with Crippen molar-refractivity contribution in [1.29, 1.82) is 0 Å². The molecule has 1 fully saturated rings. The number of anilines is 1. The van der Waals surface area contributed by atoms with Crippen LogP contribution in [0.25, 0.3) is 0 Å². The van der Waals surface area contributed by atoms with E-state index in [-0.39, 0.29) is 12.0 Å². The number of ether oxygens (including phenoxy) is 1. The van der Waals surface area contributed by atoms with Crippen LogP contribution in [-0.4, -0.2) is 47.0 Å². The standard InChI is InChI=1S/C21H24N4O2/c1-24(11-16-10-15-4-2-3-5-19(15)27-16)20-17-8-9-25(21(26)14-6-7-14)12-18(17)22-13-23-20/h2-5,13-14,16H,6-12H2,1H3/t16-/m0/s1. The van der Waals surface area contributed by atoms with E-state index in [4.69, 9.17) is 4.74 Å². The number of rotatable bonds is 4. The van der Waals surface area contributed by atoms with Crippen molar-refractivity contribution in [3.63, 3.8) is 0 Å². The zero-order valence-electron chi connectivity index (χ0n) is 15.6. The summed E-state index contributed by atoms with van der Waals surface area (Å²) >= 11 is 0. The lowest BCUT2D eigenvalue weighted by Gasteiger charge is -2.31. The quantitative estimate of drug-likeness (QED) is 0.833. The fraction of sp³-hybridized carbons (Fsp3) is 0.476. The first-order valence-corrected chi connectivity index (χ1v) is 9.76. The SMILES string of the molecule is CN(C[C@@H]1Cc2ccccc2O1)c1ncnc2c1CCN(C(=O)C1CC1)C2. The van der Waals surface area contributed by atoms with Crippen molar-refractivity contribution in [3.8, 4) is 5.75 Å². The van der Waals surface area contributed by atoms with Crippen LogP contribution in [0, 0.1) is 5.92 Å². The summed E-state index contributed by atoms with van der Waals surface area (Å²) in [5.74, 6) is 2.52. The molecule has 5 rings (SSSR count). The van der Waals surface area contributed by atoms with E-state index < -0.39 is 0 Å².